The van der Waals surface area contributed by atoms with Crippen molar-refractivity contribution in [3.05, 3.63) is 24.2 Å². The minimum Gasteiger partial charge on any atom is -0.481 e. The lowest BCUT2D eigenvalue weighted by atomic mass is 9.98. The first kappa shape index (κ1) is 15.1. The summed E-state index contributed by atoms with van der Waals surface area (Å²) >= 11 is 0. The number of piperidine rings is 1. The number of aliphatic carboxylic acids is 1. The maximum absolute atomic E-state index is 12.2. The predicted molar refractivity (Wildman–Crippen MR) is 72.6 cm³/mol. The van der Waals surface area contributed by atoms with Crippen LogP contribution in [0.1, 0.15) is 23.4 Å². The van der Waals surface area contributed by atoms with Crippen LogP contribution in [0.25, 0.3) is 0 Å². The Kier molecular flexibility index (Phi) is 4.62. The average molecular weight is 294 g/mol. The molecular weight excluding hydrogens is 276 g/mol. The van der Waals surface area contributed by atoms with Gasteiger partial charge in [-0.2, -0.15) is 0 Å². The van der Waals surface area contributed by atoms with Crippen LogP contribution in [-0.4, -0.2) is 59.4 Å². The molecule has 0 spiro atoms. The lowest BCUT2D eigenvalue weighted by Gasteiger charge is -2.31. The lowest BCUT2D eigenvalue weighted by Crippen LogP contribution is -2.46. The Morgan fingerprint density at radius 2 is 2.24 bits per heavy atom. The minimum absolute atomic E-state index is 0.0914. The summed E-state index contributed by atoms with van der Waals surface area (Å²) in [6, 6.07) is 3.13. The fourth-order valence-corrected chi connectivity index (χ4v) is 2.37. The molecule has 0 unspecified atom stereocenters. The highest BCUT2D eigenvalue weighted by Gasteiger charge is 2.29. The molecule has 2 heterocycles. The van der Waals surface area contributed by atoms with Gasteiger partial charge < -0.3 is 19.3 Å². The minimum atomic E-state index is -0.882. The van der Waals surface area contributed by atoms with Crippen LogP contribution in [0.2, 0.25) is 0 Å². The number of amides is 2. The van der Waals surface area contributed by atoms with Gasteiger partial charge in [0.2, 0.25) is 5.91 Å². The van der Waals surface area contributed by atoms with E-state index in [1.807, 2.05) is 0 Å². The Labute approximate surface area is 122 Å². The second-order valence-electron chi connectivity index (χ2n) is 5.16. The molecule has 7 heteroatoms. The van der Waals surface area contributed by atoms with Crippen molar-refractivity contribution in [2.75, 3.05) is 26.7 Å². The molecule has 0 saturated carbocycles. The molecule has 1 fully saturated rings. The number of carbonyl (C=O) groups is 3. The van der Waals surface area contributed by atoms with Crippen LogP contribution >= 0.6 is 0 Å². The topological polar surface area (TPSA) is 91.1 Å². The number of likely N-dealkylation sites (N-methyl/N-ethyl adjacent to an activating group) is 1. The van der Waals surface area contributed by atoms with Gasteiger partial charge in [0.05, 0.1) is 18.7 Å². The van der Waals surface area contributed by atoms with Gasteiger partial charge >= 0.3 is 5.97 Å². The molecule has 1 N–H and O–H groups in total. The molecule has 0 aromatic carbocycles. The lowest BCUT2D eigenvalue weighted by molar-refractivity contribution is -0.145. The van der Waals surface area contributed by atoms with Gasteiger partial charge in [-0.3, -0.25) is 14.4 Å². The molecule has 2 amide bonds. The SMILES string of the molecule is CN(CC(=O)N1CCC[C@H](C(=O)O)C1)C(=O)c1ccco1. The molecule has 21 heavy (non-hydrogen) atoms. The summed E-state index contributed by atoms with van der Waals surface area (Å²) in [6.45, 7) is 0.647. The van der Waals surface area contributed by atoms with E-state index in [4.69, 9.17) is 9.52 Å². The number of hydrogen-bond donors (Lipinski definition) is 1. The highest BCUT2D eigenvalue weighted by molar-refractivity contribution is 5.94. The van der Waals surface area contributed by atoms with Crippen LogP contribution in [0, 0.1) is 5.92 Å². The van der Waals surface area contributed by atoms with Crippen LogP contribution < -0.4 is 0 Å². The number of hydrogen-bond acceptors (Lipinski definition) is 4. The Hall–Kier alpha value is -2.31. The summed E-state index contributed by atoms with van der Waals surface area (Å²) in [7, 11) is 1.52. The summed E-state index contributed by atoms with van der Waals surface area (Å²) < 4.78 is 5.00. The number of furan rings is 1. The van der Waals surface area contributed by atoms with E-state index >= 15 is 0 Å². The molecule has 2 rings (SSSR count). The third-order valence-corrected chi connectivity index (χ3v) is 3.57. The molecule has 1 saturated heterocycles. The van der Waals surface area contributed by atoms with Crippen molar-refractivity contribution in [3.8, 4) is 0 Å². The summed E-state index contributed by atoms with van der Waals surface area (Å²) in [4.78, 5) is 37.9. The highest BCUT2D eigenvalue weighted by atomic mass is 16.4. The Morgan fingerprint density at radius 3 is 2.86 bits per heavy atom. The van der Waals surface area contributed by atoms with Crippen LogP contribution in [0.5, 0.6) is 0 Å². The first-order chi connectivity index (χ1) is 9.99. The smallest absolute Gasteiger partial charge is 0.308 e. The summed E-state index contributed by atoms with van der Waals surface area (Å²) in [5, 5.41) is 9.02. The molecule has 7 nitrogen and oxygen atoms in total. The fraction of sp³-hybridized carbons (Fsp3) is 0.500. The van der Waals surface area contributed by atoms with Gasteiger partial charge in [0.15, 0.2) is 5.76 Å². The zero-order chi connectivity index (χ0) is 15.4. The standard InChI is InChI=1S/C14H18N2O5/c1-15(13(18)11-5-3-7-21-11)9-12(17)16-6-2-4-10(8-16)14(19)20/h3,5,7,10H,2,4,6,8-9H2,1H3,(H,19,20)/t10-/m0/s1. The first-order valence-corrected chi connectivity index (χ1v) is 6.78. The van der Waals surface area contributed by atoms with Gasteiger partial charge in [-0.25, -0.2) is 0 Å². The van der Waals surface area contributed by atoms with E-state index in [0.717, 1.165) is 0 Å². The van der Waals surface area contributed by atoms with Crippen molar-refractivity contribution in [3.63, 3.8) is 0 Å². The number of rotatable bonds is 4. The van der Waals surface area contributed by atoms with E-state index < -0.39 is 11.9 Å². The van der Waals surface area contributed by atoms with Crippen molar-refractivity contribution < 1.29 is 23.9 Å². The Balaban J connectivity index is 1.91. The van der Waals surface area contributed by atoms with Crippen molar-refractivity contribution in [2.24, 2.45) is 5.92 Å². The molecule has 0 aliphatic carbocycles. The van der Waals surface area contributed by atoms with Crippen molar-refractivity contribution in [2.45, 2.75) is 12.8 Å². The van der Waals surface area contributed by atoms with Gasteiger partial charge in [-0.15, -0.1) is 0 Å². The van der Waals surface area contributed by atoms with Gasteiger partial charge in [0.1, 0.15) is 0 Å². The zero-order valence-corrected chi connectivity index (χ0v) is 11.8. The number of carbonyl (C=O) groups excluding carboxylic acids is 2. The third-order valence-electron chi connectivity index (χ3n) is 3.57. The second kappa shape index (κ2) is 6.43. The Morgan fingerprint density at radius 1 is 1.48 bits per heavy atom. The maximum Gasteiger partial charge on any atom is 0.308 e. The molecule has 0 radical (unpaired) electrons. The summed E-state index contributed by atoms with van der Waals surface area (Å²) in [5.74, 6) is -1.85. The summed E-state index contributed by atoms with van der Waals surface area (Å²) in [6.07, 6.45) is 2.64. The van der Waals surface area contributed by atoms with E-state index in [1.165, 1.54) is 29.2 Å². The van der Waals surface area contributed by atoms with E-state index in [0.29, 0.717) is 19.4 Å². The van der Waals surface area contributed by atoms with E-state index in [2.05, 4.69) is 0 Å². The van der Waals surface area contributed by atoms with Gasteiger partial charge in [-0.05, 0) is 25.0 Å². The van der Waals surface area contributed by atoms with Crippen LogP contribution in [-0.2, 0) is 9.59 Å². The van der Waals surface area contributed by atoms with E-state index in [9.17, 15) is 14.4 Å². The maximum atomic E-state index is 12.2. The zero-order valence-electron chi connectivity index (χ0n) is 11.8. The van der Waals surface area contributed by atoms with Gasteiger partial charge in [0, 0.05) is 20.1 Å². The van der Waals surface area contributed by atoms with Crippen molar-refractivity contribution in [1.82, 2.24) is 9.80 Å². The fourth-order valence-electron chi connectivity index (χ4n) is 2.37. The summed E-state index contributed by atoms with van der Waals surface area (Å²) in [5.41, 5.74) is 0. The number of likely N-dealkylation sites (tertiary alicyclic amines) is 1. The molecule has 0 bridgehead atoms. The van der Waals surface area contributed by atoms with Gasteiger partial charge in [0.25, 0.3) is 5.91 Å². The van der Waals surface area contributed by atoms with Crippen LogP contribution in [0.15, 0.2) is 22.8 Å². The monoisotopic (exact) mass is 294 g/mol. The Bertz CT molecular complexity index is 525. The van der Waals surface area contributed by atoms with Crippen LogP contribution in [0.3, 0.4) is 0 Å². The number of nitrogens with zero attached hydrogens (tertiary/aromatic N) is 2. The quantitative estimate of drug-likeness (QED) is 0.881. The van der Waals surface area contributed by atoms with E-state index in [1.54, 1.807) is 6.07 Å². The highest BCUT2D eigenvalue weighted by Crippen LogP contribution is 2.17. The molecule has 1 aromatic rings. The molecule has 1 aliphatic rings. The molecule has 1 aliphatic heterocycles. The van der Waals surface area contributed by atoms with Crippen molar-refractivity contribution in [1.29, 1.82) is 0 Å². The van der Waals surface area contributed by atoms with E-state index in [-0.39, 0.29) is 30.7 Å². The van der Waals surface area contributed by atoms with Gasteiger partial charge in [-0.1, -0.05) is 0 Å². The molecular formula is C14H18N2O5. The average Bonchev–Trinajstić information content (AvgIpc) is 3.00. The van der Waals surface area contributed by atoms with Crippen molar-refractivity contribution >= 4 is 17.8 Å². The number of carboxylic acids is 1. The second-order valence-corrected chi connectivity index (χ2v) is 5.16. The predicted octanol–water partition coefficient (Wildman–Crippen LogP) is 0.675. The molecule has 1 aromatic heterocycles. The number of carboxylic acid groups (broad SMARTS) is 1. The molecule has 1 atom stereocenters. The van der Waals surface area contributed by atoms with Crippen LogP contribution in [0.4, 0.5) is 0 Å². The normalized spacial score (nSPS) is 18.3. The first-order valence-electron chi connectivity index (χ1n) is 6.78. The largest absolute Gasteiger partial charge is 0.481 e. The molecule has 114 valence electrons. The third kappa shape index (κ3) is 3.62.